The van der Waals surface area contributed by atoms with Crippen molar-refractivity contribution in [1.29, 1.82) is 0 Å². The minimum atomic E-state index is -0.280. The van der Waals surface area contributed by atoms with E-state index >= 15 is 0 Å². The number of carbonyl (C=O) groups excluding carboxylic acids is 2. The largest absolute Gasteiger partial charge is 0.343 e. The van der Waals surface area contributed by atoms with E-state index in [9.17, 15) is 9.59 Å². The van der Waals surface area contributed by atoms with E-state index in [1.165, 1.54) is 0 Å². The van der Waals surface area contributed by atoms with Gasteiger partial charge in [-0.05, 0) is 60.3 Å². The van der Waals surface area contributed by atoms with E-state index in [1.807, 2.05) is 36.9 Å². The van der Waals surface area contributed by atoms with Gasteiger partial charge in [0.15, 0.2) is 0 Å². The van der Waals surface area contributed by atoms with Gasteiger partial charge in [-0.1, -0.05) is 6.07 Å². The molecule has 0 aliphatic carbocycles. The van der Waals surface area contributed by atoms with Crippen LogP contribution in [-0.4, -0.2) is 41.9 Å². The summed E-state index contributed by atoms with van der Waals surface area (Å²) >= 11 is 3.47. The first-order valence-electron chi connectivity index (χ1n) is 7.95. The lowest BCUT2D eigenvalue weighted by Gasteiger charge is -2.33. The minimum absolute atomic E-state index is 0.0523. The van der Waals surface area contributed by atoms with E-state index in [-0.39, 0.29) is 23.9 Å². The molecule has 1 aliphatic rings. The summed E-state index contributed by atoms with van der Waals surface area (Å²) in [5.74, 6) is 0.0713. The van der Waals surface area contributed by atoms with Gasteiger partial charge in [0, 0.05) is 30.5 Å². The molecular weight excluding hydrogens is 358 g/mol. The smallest absolute Gasteiger partial charge is 0.241 e. The first kappa shape index (κ1) is 17.9. The molecule has 1 saturated heterocycles. The number of piperidine rings is 1. The maximum Gasteiger partial charge on any atom is 0.241 e. The third kappa shape index (κ3) is 5.04. The number of halogens is 1. The van der Waals surface area contributed by atoms with E-state index in [2.05, 4.69) is 26.6 Å². The molecule has 1 fully saturated rings. The zero-order valence-electron chi connectivity index (χ0n) is 13.9. The van der Waals surface area contributed by atoms with Crippen LogP contribution in [0.25, 0.3) is 0 Å². The van der Waals surface area contributed by atoms with Gasteiger partial charge in [0.1, 0.15) is 0 Å². The van der Waals surface area contributed by atoms with Crippen LogP contribution in [0.1, 0.15) is 32.3 Å². The van der Waals surface area contributed by atoms with Crippen LogP contribution in [0.3, 0.4) is 0 Å². The highest BCUT2D eigenvalue weighted by Gasteiger charge is 2.24. The number of amides is 2. The number of nitrogens with zero attached hydrogens (tertiary/aromatic N) is 1. The second kappa shape index (κ2) is 7.93. The summed E-state index contributed by atoms with van der Waals surface area (Å²) in [6.07, 6.45) is 1.76. The molecule has 2 N–H and O–H groups in total. The molecule has 1 heterocycles. The van der Waals surface area contributed by atoms with Crippen molar-refractivity contribution in [3.8, 4) is 0 Å². The lowest BCUT2D eigenvalue weighted by Crippen LogP contribution is -2.49. The summed E-state index contributed by atoms with van der Waals surface area (Å²) in [6.45, 7) is 6.99. The number of nitrogens with one attached hydrogen (secondary N) is 2. The molecule has 0 aromatic heterocycles. The molecule has 1 aromatic rings. The quantitative estimate of drug-likeness (QED) is 0.842. The van der Waals surface area contributed by atoms with Crippen LogP contribution in [-0.2, 0) is 9.59 Å². The Labute approximate surface area is 145 Å². The van der Waals surface area contributed by atoms with Crippen molar-refractivity contribution in [2.24, 2.45) is 0 Å². The summed E-state index contributed by atoms with van der Waals surface area (Å²) in [5.41, 5.74) is 1.92. The molecule has 1 aliphatic heterocycles. The number of anilines is 1. The van der Waals surface area contributed by atoms with Crippen molar-refractivity contribution in [3.05, 3.63) is 28.2 Å². The Hall–Kier alpha value is -1.40. The third-order valence-electron chi connectivity index (χ3n) is 4.20. The Balaban J connectivity index is 1.85. The maximum absolute atomic E-state index is 12.3. The van der Waals surface area contributed by atoms with Gasteiger partial charge in [-0.25, -0.2) is 0 Å². The molecule has 2 rings (SSSR count). The zero-order valence-corrected chi connectivity index (χ0v) is 15.4. The normalized spacial score (nSPS) is 17.0. The first-order valence-corrected chi connectivity index (χ1v) is 8.74. The van der Waals surface area contributed by atoms with Crippen molar-refractivity contribution < 1.29 is 9.59 Å². The molecule has 0 unspecified atom stereocenters. The van der Waals surface area contributed by atoms with Gasteiger partial charge < -0.3 is 15.5 Å². The van der Waals surface area contributed by atoms with E-state index in [0.29, 0.717) is 0 Å². The Bertz CT molecular complexity index is 583. The van der Waals surface area contributed by atoms with Gasteiger partial charge in [0.25, 0.3) is 0 Å². The van der Waals surface area contributed by atoms with Crippen LogP contribution in [0.5, 0.6) is 0 Å². The number of rotatable bonds is 4. The molecule has 0 bridgehead atoms. The third-order valence-corrected chi connectivity index (χ3v) is 4.86. The van der Waals surface area contributed by atoms with E-state index in [1.54, 1.807) is 6.92 Å². The molecule has 2 amide bonds. The van der Waals surface area contributed by atoms with Crippen molar-refractivity contribution in [2.45, 2.75) is 45.7 Å². The van der Waals surface area contributed by atoms with Gasteiger partial charge in [0.05, 0.1) is 11.7 Å². The highest BCUT2D eigenvalue weighted by molar-refractivity contribution is 9.10. The van der Waals surface area contributed by atoms with Gasteiger partial charge >= 0.3 is 0 Å². The highest BCUT2D eigenvalue weighted by Crippen LogP contribution is 2.23. The molecule has 23 heavy (non-hydrogen) atoms. The van der Waals surface area contributed by atoms with Crippen molar-refractivity contribution in [1.82, 2.24) is 10.2 Å². The van der Waals surface area contributed by atoms with E-state index in [4.69, 9.17) is 0 Å². The summed E-state index contributed by atoms with van der Waals surface area (Å²) in [7, 11) is 0. The second-order valence-electron chi connectivity index (χ2n) is 6.14. The summed E-state index contributed by atoms with van der Waals surface area (Å²) in [6, 6.07) is 5.83. The Kier molecular flexibility index (Phi) is 6.18. The van der Waals surface area contributed by atoms with E-state index < -0.39 is 0 Å². The van der Waals surface area contributed by atoms with Gasteiger partial charge in [-0.15, -0.1) is 0 Å². The van der Waals surface area contributed by atoms with Crippen molar-refractivity contribution in [3.63, 3.8) is 0 Å². The number of aryl methyl sites for hydroxylation is 1. The molecule has 0 spiro atoms. The lowest BCUT2D eigenvalue weighted by atomic mass is 10.0. The molecule has 6 heteroatoms. The van der Waals surface area contributed by atoms with Crippen molar-refractivity contribution in [2.75, 3.05) is 18.4 Å². The molecule has 5 nitrogen and oxygen atoms in total. The number of carbonyl (C=O) groups is 2. The average molecular weight is 382 g/mol. The first-order chi connectivity index (χ1) is 10.9. The number of hydrogen-bond donors (Lipinski definition) is 2. The summed E-state index contributed by atoms with van der Waals surface area (Å²) in [5, 5.41) is 6.30. The van der Waals surface area contributed by atoms with Gasteiger partial charge in [0.2, 0.25) is 11.8 Å². The van der Waals surface area contributed by atoms with Crippen LogP contribution in [0.4, 0.5) is 5.69 Å². The van der Waals surface area contributed by atoms with Crippen LogP contribution in [0.15, 0.2) is 22.7 Å². The summed E-state index contributed by atoms with van der Waals surface area (Å²) < 4.78 is 0.882. The predicted molar refractivity (Wildman–Crippen MR) is 95.4 cm³/mol. The number of benzene rings is 1. The van der Waals surface area contributed by atoms with Gasteiger partial charge in [-0.2, -0.15) is 0 Å². The standard InChI is InChI=1S/C17H24BrN3O2/c1-11-4-5-16(15(18)10-11)20-17(23)12(2)19-14-6-8-21(9-7-14)13(3)22/h4-5,10,12,14,19H,6-9H2,1-3H3,(H,20,23)/t12-/m0/s1. The molecule has 126 valence electrons. The Morgan fingerprint density at radius 2 is 1.96 bits per heavy atom. The number of hydrogen-bond acceptors (Lipinski definition) is 3. The fourth-order valence-electron chi connectivity index (χ4n) is 2.75. The second-order valence-corrected chi connectivity index (χ2v) is 7.00. The molecule has 1 aromatic carbocycles. The van der Waals surface area contributed by atoms with Crippen LogP contribution < -0.4 is 10.6 Å². The SMILES string of the molecule is CC(=O)N1CCC(N[C@@H](C)C(=O)Nc2ccc(C)cc2Br)CC1. The zero-order chi connectivity index (χ0) is 17.0. The highest BCUT2D eigenvalue weighted by atomic mass is 79.9. The fourth-order valence-corrected chi connectivity index (χ4v) is 3.35. The Morgan fingerprint density at radius 3 is 2.52 bits per heavy atom. The molecular formula is C17H24BrN3O2. The summed E-state index contributed by atoms with van der Waals surface area (Å²) in [4.78, 5) is 25.5. The lowest BCUT2D eigenvalue weighted by molar-refractivity contribution is -0.130. The number of likely N-dealkylation sites (tertiary alicyclic amines) is 1. The molecule has 0 radical (unpaired) electrons. The van der Waals surface area contributed by atoms with Crippen LogP contribution in [0, 0.1) is 6.92 Å². The minimum Gasteiger partial charge on any atom is -0.343 e. The van der Waals surface area contributed by atoms with Crippen molar-refractivity contribution >= 4 is 33.4 Å². The maximum atomic E-state index is 12.3. The van der Waals surface area contributed by atoms with E-state index in [0.717, 1.165) is 41.7 Å². The predicted octanol–water partition coefficient (Wildman–Crippen LogP) is 2.69. The topological polar surface area (TPSA) is 61.4 Å². The van der Waals surface area contributed by atoms with Crippen LogP contribution >= 0.6 is 15.9 Å². The Morgan fingerprint density at radius 1 is 1.30 bits per heavy atom. The van der Waals surface area contributed by atoms with Crippen LogP contribution in [0.2, 0.25) is 0 Å². The average Bonchev–Trinajstić information content (AvgIpc) is 2.50. The van der Waals surface area contributed by atoms with Gasteiger partial charge in [-0.3, -0.25) is 9.59 Å². The molecule has 0 saturated carbocycles. The fraction of sp³-hybridized carbons (Fsp3) is 0.529. The monoisotopic (exact) mass is 381 g/mol. The molecule has 1 atom stereocenters.